The second kappa shape index (κ2) is 7.09. The molecule has 0 saturated carbocycles. The van der Waals surface area contributed by atoms with Crippen LogP contribution in [0.25, 0.3) is 0 Å². The van der Waals surface area contributed by atoms with Crippen LogP contribution in [0.1, 0.15) is 38.4 Å². The fraction of sp³-hybridized carbons (Fsp3) is 0.647. The van der Waals surface area contributed by atoms with Crippen molar-refractivity contribution in [3.8, 4) is 0 Å². The van der Waals surface area contributed by atoms with Gasteiger partial charge < -0.3 is 15.0 Å². The molecule has 1 aliphatic rings. The smallest absolute Gasteiger partial charge is 0.410 e. The molecule has 1 atom stereocenters. The minimum atomic E-state index is -0.425. The van der Waals surface area contributed by atoms with Gasteiger partial charge in [0.1, 0.15) is 5.60 Å². The monoisotopic (exact) mass is 305 g/mol. The molecule has 122 valence electrons. The van der Waals surface area contributed by atoms with Crippen LogP contribution in [0.2, 0.25) is 0 Å². The predicted octanol–water partition coefficient (Wildman–Crippen LogP) is 2.74. The Balaban J connectivity index is 1.73. The van der Waals surface area contributed by atoms with Crippen LogP contribution < -0.4 is 5.32 Å². The van der Waals surface area contributed by atoms with Crippen molar-refractivity contribution >= 4 is 6.09 Å². The topological polar surface area (TPSA) is 54.5 Å². The number of carbonyl (C=O) groups is 1. The fourth-order valence-electron chi connectivity index (χ4n) is 2.61. The minimum absolute atomic E-state index is 0.196. The summed E-state index contributed by atoms with van der Waals surface area (Å²) in [6, 6.07) is 4.06. The first-order valence-electron chi connectivity index (χ1n) is 7.94. The summed E-state index contributed by atoms with van der Waals surface area (Å²) in [7, 11) is 0. The van der Waals surface area contributed by atoms with Crippen molar-refractivity contribution in [1.82, 2.24) is 15.2 Å². The second-order valence-electron chi connectivity index (χ2n) is 6.96. The van der Waals surface area contributed by atoms with E-state index in [2.05, 4.69) is 16.4 Å². The Labute approximate surface area is 133 Å². The van der Waals surface area contributed by atoms with E-state index >= 15 is 0 Å². The van der Waals surface area contributed by atoms with Gasteiger partial charge in [0.05, 0.1) is 0 Å². The lowest BCUT2D eigenvalue weighted by atomic mass is 10.1. The molecule has 22 heavy (non-hydrogen) atoms. The summed E-state index contributed by atoms with van der Waals surface area (Å²) in [5.41, 5.74) is 1.87. The highest BCUT2D eigenvalue weighted by atomic mass is 16.6. The summed E-state index contributed by atoms with van der Waals surface area (Å²) in [6.45, 7) is 11.0. The van der Waals surface area contributed by atoms with E-state index < -0.39 is 5.60 Å². The van der Waals surface area contributed by atoms with E-state index in [1.807, 2.05) is 44.9 Å². The van der Waals surface area contributed by atoms with Crippen LogP contribution in [0.5, 0.6) is 0 Å². The van der Waals surface area contributed by atoms with Crippen molar-refractivity contribution in [3.63, 3.8) is 0 Å². The Bertz CT molecular complexity index is 511. The van der Waals surface area contributed by atoms with Gasteiger partial charge in [-0.05, 0) is 51.7 Å². The van der Waals surface area contributed by atoms with Gasteiger partial charge in [-0.25, -0.2) is 4.79 Å². The van der Waals surface area contributed by atoms with E-state index in [9.17, 15) is 4.79 Å². The molecule has 0 spiro atoms. The zero-order valence-corrected chi connectivity index (χ0v) is 14.1. The maximum Gasteiger partial charge on any atom is 0.410 e. The highest BCUT2D eigenvalue weighted by Crippen LogP contribution is 2.19. The Morgan fingerprint density at radius 2 is 2.27 bits per heavy atom. The van der Waals surface area contributed by atoms with Gasteiger partial charge in [0.15, 0.2) is 0 Å². The van der Waals surface area contributed by atoms with Crippen molar-refractivity contribution in [1.29, 1.82) is 0 Å². The summed E-state index contributed by atoms with van der Waals surface area (Å²) < 4.78 is 5.42. The number of pyridine rings is 1. The molecule has 0 radical (unpaired) electrons. The number of rotatable bonds is 4. The number of aryl methyl sites for hydroxylation is 1. The zero-order chi connectivity index (χ0) is 16.2. The predicted molar refractivity (Wildman–Crippen MR) is 86.6 cm³/mol. The SMILES string of the molecule is Cc1ncccc1CNC[C@H]1CCN(C(=O)OC(C)(C)C)C1. The summed E-state index contributed by atoms with van der Waals surface area (Å²) in [5.74, 6) is 0.490. The summed E-state index contributed by atoms with van der Waals surface area (Å²) in [5, 5.41) is 3.47. The van der Waals surface area contributed by atoms with Gasteiger partial charge in [0.2, 0.25) is 0 Å². The molecule has 1 aromatic rings. The number of nitrogens with zero attached hydrogens (tertiary/aromatic N) is 2. The number of amides is 1. The molecule has 0 unspecified atom stereocenters. The lowest BCUT2D eigenvalue weighted by Crippen LogP contribution is -2.36. The number of nitrogens with one attached hydrogen (secondary N) is 1. The fourth-order valence-corrected chi connectivity index (χ4v) is 2.61. The van der Waals surface area contributed by atoms with E-state index in [1.165, 1.54) is 5.56 Å². The molecule has 5 heteroatoms. The third kappa shape index (κ3) is 4.98. The number of ether oxygens (including phenoxy) is 1. The zero-order valence-electron chi connectivity index (χ0n) is 14.1. The molecule has 5 nitrogen and oxygen atoms in total. The standard InChI is InChI=1S/C17H27N3O2/c1-13-15(6-5-8-19-13)11-18-10-14-7-9-20(12-14)16(21)22-17(2,3)4/h5-6,8,14,18H,7,9-12H2,1-4H3/t14-/m1/s1. The Hall–Kier alpha value is -1.62. The van der Waals surface area contributed by atoms with Crippen molar-refractivity contribution in [2.24, 2.45) is 5.92 Å². The van der Waals surface area contributed by atoms with Gasteiger partial charge in [-0.2, -0.15) is 0 Å². The lowest BCUT2D eigenvalue weighted by Gasteiger charge is -2.24. The number of hydrogen-bond acceptors (Lipinski definition) is 4. The quantitative estimate of drug-likeness (QED) is 0.929. The molecule has 0 aromatic carbocycles. The Morgan fingerprint density at radius 1 is 1.50 bits per heavy atom. The third-order valence-electron chi connectivity index (χ3n) is 3.80. The molecule has 1 aliphatic heterocycles. The molecule has 1 amide bonds. The molecular formula is C17H27N3O2. The molecule has 2 rings (SSSR count). The van der Waals surface area contributed by atoms with Gasteiger partial charge in [-0.15, -0.1) is 0 Å². The van der Waals surface area contributed by atoms with E-state index in [4.69, 9.17) is 4.74 Å². The number of hydrogen-bond donors (Lipinski definition) is 1. The molecular weight excluding hydrogens is 278 g/mol. The molecule has 1 fully saturated rings. The molecule has 1 saturated heterocycles. The maximum atomic E-state index is 12.0. The average Bonchev–Trinajstić information content (AvgIpc) is 2.88. The Morgan fingerprint density at radius 3 is 2.95 bits per heavy atom. The van der Waals surface area contributed by atoms with Gasteiger partial charge in [-0.1, -0.05) is 6.07 Å². The van der Waals surface area contributed by atoms with Gasteiger partial charge in [0.25, 0.3) is 0 Å². The van der Waals surface area contributed by atoms with E-state index in [-0.39, 0.29) is 6.09 Å². The van der Waals surface area contributed by atoms with Crippen LogP contribution >= 0.6 is 0 Å². The number of aromatic nitrogens is 1. The summed E-state index contributed by atoms with van der Waals surface area (Å²) in [6.07, 6.45) is 2.64. The van der Waals surface area contributed by atoms with Crippen molar-refractivity contribution in [2.75, 3.05) is 19.6 Å². The number of likely N-dealkylation sites (tertiary alicyclic amines) is 1. The van der Waals surface area contributed by atoms with Gasteiger partial charge in [-0.3, -0.25) is 4.98 Å². The lowest BCUT2D eigenvalue weighted by molar-refractivity contribution is 0.0288. The summed E-state index contributed by atoms with van der Waals surface area (Å²) in [4.78, 5) is 18.1. The van der Waals surface area contributed by atoms with Crippen LogP contribution in [-0.4, -0.2) is 41.2 Å². The first-order valence-corrected chi connectivity index (χ1v) is 7.94. The van der Waals surface area contributed by atoms with Crippen LogP contribution in [-0.2, 0) is 11.3 Å². The summed E-state index contributed by atoms with van der Waals surface area (Å²) >= 11 is 0. The largest absolute Gasteiger partial charge is 0.444 e. The number of carbonyl (C=O) groups excluding carboxylic acids is 1. The molecule has 1 N–H and O–H groups in total. The first-order chi connectivity index (χ1) is 10.3. The average molecular weight is 305 g/mol. The normalized spacial score (nSPS) is 18.5. The van der Waals surface area contributed by atoms with Crippen molar-refractivity contribution in [3.05, 3.63) is 29.6 Å². The van der Waals surface area contributed by atoms with E-state index in [0.29, 0.717) is 5.92 Å². The van der Waals surface area contributed by atoms with Crippen molar-refractivity contribution < 1.29 is 9.53 Å². The maximum absolute atomic E-state index is 12.0. The third-order valence-corrected chi connectivity index (χ3v) is 3.80. The first kappa shape index (κ1) is 16.7. The van der Waals surface area contributed by atoms with Gasteiger partial charge in [0, 0.05) is 38.1 Å². The van der Waals surface area contributed by atoms with E-state index in [1.54, 1.807) is 0 Å². The molecule has 0 bridgehead atoms. The highest BCUT2D eigenvalue weighted by molar-refractivity contribution is 5.68. The molecule has 2 heterocycles. The molecule has 1 aromatic heterocycles. The van der Waals surface area contributed by atoms with Crippen LogP contribution in [0.15, 0.2) is 18.3 Å². The minimum Gasteiger partial charge on any atom is -0.444 e. The van der Waals surface area contributed by atoms with Crippen LogP contribution in [0, 0.1) is 12.8 Å². The van der Waals surface area contributed by atoms with E-state index in [0.717, 1.165) is 38.3 Å². The van der Waals surface area contributed by atoms with Crippen molar-refractivity contribution in [2.45, 2.75) is 46.3 Å². The molecule has 0 aliphatic carbocycles. The Kier molecular flexibility index (Phi) is 5.40. The second-order valence-corrected chi connectivity index (χ2v) is 6.96. The van der Waals surface area contributed by atoms with Gasteiger partial charge >= 0.3 is 6.09 Å². The highest BCUT2D eigenvalue weighted by Gasteiger charge is 2.29. The van der Waals surface area contributed by atoms with Crippen LogP contribution in [0.4, 0.5) is 4.79 Å². The van der Waals surface area contributed by atoms with Crippen LogP contribution in [0.3, 0.4) is 0 Å².